The molecular formula is C16H19NO3. The molecule has 0 N–H and O–H groups in total. The molecule has 1 atom stereocenters. The molecule has 1 unspecified atom stereocenters. The van der Waals surface area contributed by atoms with E-state index < -0.39 is 0 Å². The van der Waals surface area contributed by atoms with Crippen LogP contribution in [0.2, 0.25) is 0 Å². The van der Waals surface area contributed by atoms with Crippen molar-refractivity contribution < 1.29 is 14.4 Å². The molecular weight excluding hydrogens is 254 g/mol. The van der Waals surface area contributed by atoms with Crippen molar-refractivity contribution in [1.29, 1.82) is 0 Å². The quantitative estimate of drug-likeness (QED) is 0.627. The normalized spacial score (nSPS) is 16.4. The Bertz CT molecular complexity index is 589. The van der Waals surface area contributed by atoms with Gasteiger partial charge in [0.05, 0.1) is 6.42 Å². The molecule has 0 saturated heterocycles. The summed E-state index contributed by atoms with van der Waals surface area (Å²) in [5, 5.41) is 0. The molecule has 0 saturated carbocycles. The highest BCUT2D eigenvalue weighted by Gasteiger charge is 2.29. The highest BCUT2D eigenvalue weighted by Crippen LogP contribution is 2.23. The van der Waals surface area contributed by atoms with E-state index in [1.165, 1.54) is 7.05 Å². The van der Waals surface area contributed by atoms with Gasteiger partial charge in [-0.15, -0.1) is 0 Å². The van der Waals surface area contributed by atoms with Crippen LogP contribution < -0.4 is 0 Å². The molecule has 0 spiro atoms. The fourth-order valence-electron chi connectivity index (χ4n) is 2.22. The van der Waals surface area contributed by atoms with Gasteiger partial charge in [-0.3, -0.25) is 19.3 Å². The molecule has 106 valence electrons. The van der Waals surface area contributed by atoms with Crippen LogP contribution in [0.1, 0.15) is 47.1 Å². The van der Waals surface area contributed by atoms with Gasteiger partial charge in [0, 0.05) is 24.1 Å². The van der Waals surface area contributed by atoms with E-state index in [4.69, 9.17) is 0 Å². The molecule has 20 heavy (non-hydrogen) atoms. The third-order valence-electron chi connectivity index (χ3n) is 4.06. The fourth-order valence-corrected chi connectivity index (χ4v) is 2.22. The number of rotatable bonds is 3. The van der Waals surface area contributed by atoms with Crippen molar-refractivity contribution in [2.75, 3.05) is 7.05 Å². The van der Waals surface area contributed by atoms with Crippen molar-refractivity contribution >= 4 is 17.6 Å². The first kappa shape index (κ1) is 14.4. The number of carbonyl (C=O) groups excluding carboxylic acids is 3. The number of ketones is 1. The number of nitrogens with zero attached hydrogens (tertiary/aromatic N) is 1. The van der Waals surface area contributed by atoms with Crippen molar-refractivity contribution in [3.05, 3.63) is 34.9 Å². The Morgan fingerprint density at radius 3 is 2.45 bits per heavy atom. The highest BCUT2D eigenvalue weighted by atomic mass is 16.2. The third kappa shape index (κ3) is 2.38. The second-order valence-electron chi connectivity index (χ2n) is 5.70. The summed E-state index contributed by atoms with van der Waals surface area (Å²) in [4.78, 5) is 37.2. The number of imide groups is 1. The summed E-state index contributed by atoms with van der Waals surface area (Å²) in [6.07, 6.45) is 0.214. The number of Topliss-reactive ketones (excluding diaryl/α,β-unsaturated/α-hetero) is 1. The van der Waals surface area contributed by atoms with Gasteiger partial charge in [0.25, 0.3) is 5.91 Å². The van der Waals surface area contributed by atoms with Gasteiger partial charge in [-0.1, -0.05) is 32.9 Å². The second kappa shape index (κ2) is 5.19. The molecule has 4 nitrogen and oxygen atoms in total. The van der Waals surface area contributed by atoms with E-state index in [-0.39, 0.29) is 35.9 Å². The zero-order chi connectivity index (χ0) is 15.0. The van der Waals surface area contributed by atoms with Gasteiger partial charge in [-0.05, 0) is 17.5 Å². The number of hydrogen-bond acceptors (Lipinski definition) is 3. The van der Waals surface area contributed by atoms with Crippen molar-refractivity contribution in [2.24, 2.45) is 11.8 Å². The number of hydrogen-bond donors (Lipinski definition) is 0. The zero-order valence-electron chi connectivity index (χ0n) is 12.3. The monoisotopic (exact) mass is 273 g/mol. The number of amides is 2. The molecule has 0 fully saturated rings. The average molecular weight is 273 g/mol. The molecule has 1 heterocycles. The van der Waals surface area contributed by atoms with E-state index in [1.54, 1.807) is 18.2 Å². The summed E-state index contributed by atoms with van der Waals surface area (Å²) in [6.45, 7) is 5.89. The lowest BCUT2D eigenvalue weighted by atomic mass is 9.87. The largest absolute Gasteiger partial charge is 0.294 e. The molecule has 0 aromatic heterocycles. The third-order valence-corrected chi connectivity index (χ3v) is 4.06. The summed E-state index contributed by atoms with van der Waals surface area (Å²) in [5.74, 6) is -0.347. The summed E-state index contributed by atoms with van der Waals surface area (Å²) in [7, 11) is 1.47. The minimum Gasteiger partial charge on any atom is -0.294 e. The average Bonchev–Trinajstić information content (AvgIpc) is 2.43. The van der Waals surface area contributed by atoms with E-state index in [0.29, 0.717) is 16.7 Å². The Kier molecular flexibility index (Phi) is 3.75. The predicted molar refractivity (Wildman–Crippen MR) is 75.6 cm³/mol. The van der Waals surface area contributed by atoms with Gasteiger partial charge in [0.2, 0.25) is 5.91 Å². The first-order valence-corrected chi connectivity index (χ1v) is 6.81. The van der Waals surface area contributed by atoms with Gasteiger partial charge in [-0.25, -0.2) is 0 Å². The van der Waals surface area contributed by atoms with E-state index in [1.807, 2.05) is 20.8 Å². The minimum atomic E-state index is -0.330. The van der Waals surface area contributed by atoms with Crippen LogP contribution in [0.3, 0.4) is 0 Å². The Morgan fingerprint density at radius 2 is 1.85 bits per heavy atom. The number of likely N-dealkylation sites (N-methyl/N-ethyl adjacent to an activating group) is 1. The van der Waals surface area contributed by atoms with Gasteiger partial charge >= 0.3 is 0 Å². The second-order valence-corrected chi connectivity index (χ2v) is 5.70. The van der Waals surface area contributed by atoms with Gasteiger partial charge in [0.15, 0.2) is 5.78 Å². The molecule has 2 amide bonds. The van der Waals surface area contributed by atoms with E-state index in [2.05, 4.69) is 0 Å². The molecule has 0 aliphatic carbocycles. The van der Waals surface area contributed by atoms with E-state index in [9.17, 15) is 14.4 Å². The standard InChI is InChI=1S/C16H19NO3/c1-9(2)10(3)15(19)12-6-5-11-8-14(18)17(4)16(20)13(11)7-12/h5-7,9-10H,8H2,1-4H3. The molecule has 2 rings (SSSR count). The molecule has 0 bridgehead atoms. The van der Waals surface area contributed by atoms with Crippen molar-refractivity contribution in [3.63, 3.8) is 0 Å². The Labute approximate surface area is 118 Å². The van der Waals surface area contributed by atoms with Gasteiger partial charge in [0.1, 0.15) is 0 Å². The molecule has 1 aliphatic heterocycles. The number of benzene rings is 1. The lowest BCUT2D eigenvalue weighted by Crippen LogP contribution is -2.39. The lowest BCUT2D eigenvalue weighted by Gasteiger charge is -2.24. The van der Waals surface area contributed by atoms with Crippen molar-refractivity contribution in [1.82, 2.24) is 4.90 Å². The van der Waals surface area contributed by atoms with Gasteiger partial charge < -0.3 is 0 Å². The topological polar surface area (TPSA) is 54.5 Å². The lowest BCUT2D eigenvalue weighted by molar-refractivity contribution is -0.127. The van der Waals surface area contributed by atoms with Crippen molar-refractivity contribution in [3.8, 4) is 0 Å². The molecule has 1 aromatic carbocycles. The summed E-state index contributed by atoms with van der Waals surface area (Å²) >= 11 is 0. The predicted octanol–water partition coefficient (Wildman–Crippen LogP) is 2.32. The number of fused-ring (bicyclic) bond motifs is 1. The summed E-state index contributed by atoms with van der Waals surface area (Å²) in [6, 6.07) is 5.06. The van der Waals surface area contributed by atoms with Crippen LogP contribution in [0.4, 0.5) is 0 Å². The Balaban J connectivity index is 2.40. The smallest absolute Gasteiger partial charge is 0.260 e. The van der Waals surface area contributed by atoms with Crippen LogP contribution in [-0.4, -0.2) is 29.5 Å². The van der Waals surface area contributed by atoms with Crippen LogP contribution in [0.15, 0.2) is 18.2 Å². The maximum Gasteiger partial charge on any atom is 0.260 e. The molecule has 1 aromatic rings. The maximum absolute atomic E-state index is 12.3. The molecule has 0 radical (unpaired) electrons. The van der Waals surface area contributed by atoms with Crippen LogP contribution in [-0.2, 0) is 11.2 Å². The highest BCUT2D eigenvalue weighted by molar-refractivity contribution is 6.11. The Hall–Kier alpha value is -1.97. The molecule has 1 aliphatic rings. The maximum atomic E-state index is 12.3. The number of carbonyl (C=O) groups is 3. The van der Waals surface area contributed by atoms with Crippen LogP contribution in [0.25, 0.3) is 0 Å². The minimum absolute atomic E-state index is 0.0372. The van der Waals surface area contributed by atoms with Crippen LogP contribution >= 0.6 is 0 Å². The van der Waals surface area contributed by atoms with Gasteiger partial charge in [-0.2, -0.15) is 0 Å². The Morgan fingerprint density at radius 1 is 1.20 bits per heavy atom. The van der Waals surface area contributed by atoms with Crippen molar-refractivity contribution in [2.45, 2.75) is 27.2 Å². The molecule has 4 heteroatoms. The summed E-state index contributed by atoms with van der Waals surface area (Å²) < 4.78 is 0. The fraction of sp³-hybridized carbons (Fsp3) is 0.438. The van der Waals surface area contributed by atoms with Crippen LogP contribution in [0, 0.1) is 11.8 Å². The first-order chi connectivity index (χ1) is 9.32. The summed E-state index contributed by atoms with van der Waals surface area (Å²) in [5.41, 5.74) is 1.71. The van der Waals surface area contributed by atoms with E-state index in [0.717, 1.165) is 4.90 Å². The first-order valence-electron chi connectivity index (χ1n) is 6.81. The van der Waals surface area contributed by atoms with Crippen LogP contribution in [0.5, 0.6) is 0 Å². The van der Waals surface area contributed by atoms with E-state index >= 15 is 0 Å². The zero-order valence-corrected chi connectivity index (χ0v) is 12.3. The SMILES string of the molecule is CC(C)C(C)C(=O)c1ccc2c(c1)C(=O)N(C)C(=O)C2.